The number of anilines is 2. The highest BCUT2D eigenvalue weighted by Crippen LogP contribution is 2.40. The molecule has 0 spiro atoms. The molecule has 5 heterocycles. The summed E-state index contributed by atoms with van der Waals surface area (Å²) in [5, 5.41) is 12.0. The molecule has 2 aromatic heterocycles. The van der Waals surface area contributed by atoms with E-state index in [-0.39, 0.29) is 25.2 Å². The van der Waals surface area contributed by atoms with Crippen LogP contribution >= 0.6 is 0 Å². The van der Waals surface area contributed by atoms with Gasteiger partial charge in [0.05, 0.1) is 19.3 Å². The summed E-state index contributed by atoms with van der Waals surface area (Å²) in [5.41, 5.74) is 1.98. The summed E-state index contributed by atoms with van der Waals surface area (Å²) < 4.78 is 26.0. The highest BCUT2D eigenvalue weighted by atomic mass is 19.1. The third-order valence-electron chi connectivity index (χ3n) is 8.69. The molecule has 0 radical (unpaired) electrons. The van der Waals surface area contributed by atoms with E-state index in [0.29, 0.717) is 36.9 Å². The van der Waals surface area contributed by atoms with Crippen LogP contribution in [0.2, 0.25) is 0 Å². The lowest BCUT2D eigenvalue weighted by molar-refractivity contribution is -0.139. The van der Waals surface area contributed by atoms with Gasteiger partial charge in [0.1, 0.15) is 17.7 Å². The summed E-state index contributed by atoms with van der Waals surface area (Å²) in [6.45, 7) is 10.6. The van der Waals surface area contributed by atoms with Crippen molar-refractivity contribution in [1.82, 2.24) is 24.4 Å². The van der Waals surface area contributed by atoms with E-state index >= 15 is 0 Å². The van der Waals surface area contributed by atoms with Crippen LogP contribution in [0.5, 0.6) is 0 Å². The molecule has 2 atom stereocenters. The number of amides is 2. The van der Waals surface area contributed by atoms with Crippen molar-refractivity contribution in [2.45, 2.75) is 63.6 Å². The SMILES string of the molecule is C=C(F)C(=O)N1CC(OC(=O)N2CC3CC(Nc4cc(NC5CCOCC5)nc5c(C(C)C)cnn45)CC3C2)C1. The molecule has 0 aromatic carbocycles. The number of carbonyl (C=O) groups is 2. The maximum absolute atomic E-state index is 13.0. The van der Waals surface area contributed by atoms with Crippen LogP contribution in [0.15, 0.2) is 24.7 Å². The lowest BCUT2D eigenvalue weighted by Gasteiger charge is -2.38. The number of fused-ring (bicyclic) bond motifs is 2. The highest BCUT2D eigenvalue weighted by molar-refractivity contribution is 5.91. The summed E-state index contributed by atoms with van der Waals surface area (Å²) in [4.78, 5) is 32.3. The largest absolute Gasteiger partial charge is 0.442 e. The lowest BCUT2D eigenvalue weighted by atomic mass is 10.0. The van der Waals surface area contributed by atoms with E-state index in [1.54, 1.807) is 4.90 Å². The van der Waals surface area contributed by atoms with Crippen molar-refractivity contribution in [2.24, 2.45) is 11.8 Å². The zero-order valence-electron chi connectivity index (χ0n) is 23.1. The van der Waals surface area contributed by atoms with Gasteiger partial charge in [-0.2, -0.15) is 9.61 Å². The Bertz CT molecular complexity index is 1270. The minimum Gasteiger partial charge on any atom is -0.442 e. The van der Waals surface area contributed by atoms with Gasteiger partial charge in [-0.15, -0.1) is 0 Å². The molecule has 11 nitrogen and oxygen atoms in total. The Kier molecular flexibility index (Phi) is 7.28. The number of carbonyl (C=O) groups excluding carboxylic acids is 2. The van der Waals surface area contributed by atoms with Crippen LogP contribution in [0, 0.1) is 11.8 Å². The molecule has 4 fully saturated rings. The van der Waals surface area contributed by atoms with Gasteiger partial charge in [0.2, 0.25) is 0 Å². The van der Waals surface area contributed by atoms with Gasteiger partial charge in [-0.1, -0.05) is 20.4 Å². The molecule has 3 saturated heterocycles. The molecule has 216 valence electrons. The summed E-state index contributed by atoms with van der Waals surface area (Å²) >= 11 is 0. The van der Waals surface area contributed by atoms with Crippen molar-refractivity contribution >= 4 is 29.3 Å². The van der Waals surface area contributed by atoms with E-state index in [1.165, 1.54) is 4.90 Å². The molecular formula is C28H38FN7O4. The lowest BCUT2D eigenvalue weighted by Crippen LogP contribution is -2.56. The summed E-state index contributed by atoms with van der Waals surface area (Å²) in [6, 6.07) is 2.66. The van der Waals surface area contributed by atoms with Gasteiger partial charge in [0.15, 0.2) is 11.5 Å². The quantitative estimate of drug-likeness (QED) is 0.500. The van der Waals surface area contributed by atoms with Crippen molar-refractivity contribution < 1.29 is 23.5 Å². The van der Waals surface area contributed by atoms with Gasteiger partial charge >= 0.3 is 6.09 Å². The predicted molar refractivity (Wildman–Crippen MR) is 147 cm³/mol. The van der Waals surface area contributed by atoms with Gasteiger partial charge in [0.25, 0.3) is 5.91 Å². The fourth-order valence-electron chi connectivity index (χ4n) is 6.46. The van der Waals surface area contributed by atoms with Crippen LogP contribution < -0.4 is 10.6 Å². The second-order valence-electron chi connectivity index (χ2n) is 11.9. The van der Waals surface area contributed by atoms with E-state index in [0.717, 1.165) is 61.7 Å². The minimum atomic E-state index is -0.993. The van der Waals surface area contributed by atoms with Crippen LogP contribution in [0.1, 0.15) is 51.0 Å². The van der Waals surface area contributed by atoms with Crippen LogP contribution in [0.4, 0.5) is 20.8 Å². The molecule has 6 rings (SSSR count). The molecule has 0 bridgehead atoms. The smallest absolute Gasteiger partial charge is 0.410 e. The number of nitrogens with one attached hydrogen (secondary N) is 2. The number of rotatable bonds is 7. The molecule has 2 unspecified atom stereocenters. The number of hydrogen-bond donors (Lipinski definition) is 2. The number of nitrogens with zero attached hydrogens (tertiary/aromatic N) is 5. The van der Waals surface area contributed by atoms with E-state index in [4.69, 9.17) is 14.5 Å². The molecule has 1 saturated carbocycles. The number of likely N-dealkylation sites (tertiary alicyclic amines) is 2. The first-order valence-electron chi connectivity index (χ1n) is 14.3. The Labute approximate surface area is 233 Å². The van der Waals surface area contributed by atoms with Crippen molar-refractivity contribution in [3.8, 4) is 0 Å². The van der Waals surface area contributed by atoms with Gasteiger partial charge in [0, 0.05) is 50.0 Å². The molecule has 40 heavy (non-hydrogen) atoms. The van der Waals surface area contributed by atoms with Gasteiger partial charge < -0.3 is 29.9 Å². The van der Waals surface area contributed by atoms with Crippen molar-refractivity contribution in [1.29, 1.82) is 0 Å². The average Bonchev–Trinajstić information content (AvgIpc) is 3.59. The molecule has 4 aliphatic rings. The van der Waals surface area contributed by atoms with Gasteiger partial charge in [-0.3, -0.25) is 4.79 Å². The second-order valence-corrected chi connectivity index (χ2v) is 11.9. The standard InChI is InChI=1S/C28H38FN7O4/c1-16(2)23-11-30-36-25(10-24(33-26(23)36)31-20-4-6-39-7-5-20)32-21-8-18-12-35(13-19(18)9-21)28(38)40-22-14-34(15-22)27(37)17(3)29/h10-11,16,18-22,32H,3-9,12-15H2,1-2H3,(H,31,33). The Morgan fingerprint density at radius 3 is 2.42 bits per heavy atom. The Morgan fingerprint density at radius 2 is 1.77 bits per heavy atom. The van der Waals surface area contributed by atoms with Crippen LogP contribution in [0.25, 0.3) is 5.65 Å². The van der Waals surface area contributed by atoms with Gasteiger partial charge in [-0.25, -0.2) is 14.2 Å². The number of hydrogen-bond acceptors (Lipinski definition) is 8. The van der Waals surface area contributed by atoms with Crippen molar-refractivity contribution in [3.05, 3.63) is 30.2 Å². The Morgan fingerprint density at radius 1 is 1.07 bits per heavy atom. The summed E-state index contributed by atoms with van der Waals surface area (Å²) in [6.07, 6.45) is 4.98. The van der Waals surface area contributed by atoms with Gasteiger partial charge in [-0.05, 0) is 43.4 Å². The van der Waals surface area contributed by atoms with Crippen molar-refractivity contribution in [3.63, 3.8) is 0 Å². The first-order chi connectivity index (χ1) is 19.2. The molecule has 2 aromatic rings. The average molecular weight is 556 g/mol. The second kappa shape index (κ2) is 10.9. The minimum absolute atomic E-state index is 0.206. The van der Waals surface area contributed by atoms with E-state index in [9.17, 15) is 14.0 Å². The third-order valence-corrected chi connectivity index (χ3v) is 8.69. The molecule has 2 N–H and O–H groups in total. The number of ether oxygens (including phenoxy) is 2. The fourth-order valence-corrected chi connectivity index (χ4v) is 6.46. The van der Waals surface area contributed by atoms with Crippen molar-refractivity contribution in [2.75, 3.05) is 50.0 Å². The number of halogens is 1. The molecular weight excluding hydrogens is 517 g/mol. The van der Waals surface area contributed by atoms with Crippen LogP contribution in [-0.4, -0.2) is 94.0 Å². The van der Waals surface area contributed by atoms with E-state index in [1.807, 2.05) is 10.7 Å². The normalized spacial score (nSPS) is 25.2. The summed E-state index contributed by atoms with van der Waals surface area (Å²) in [5.74, 6) is 1.12. The monoisotopic (exact) mass is 555 g/mol. The first kappa shape index (κ1) is 26.8. The molecule has 3 aliphatic heterocycles. The van der Waals surface area contributed by atoms with Crippen LogP contribution in [0.3, 0.4) is 0 Å². The zero-order valence-corrected chi connectivity index (χ0v) is 23.1. The fraction of sp³-hybridized carbons (Fsp3) is 0.643. The Balaban J connectivity index is 1.07. The molecule has 2 amide bonds. The third kappa shape index (κ3) is 5.33. The maximum atomic E-state index is 13.0. The maximum Gasteiger partial charge on any atom is 0.410 e. The molecule has 12 heteroatoms. The van der Waals surface area contributed by atoms with Crippen LogP contribution in [-0.2, 0) is 14.3 Å². The topological polar surface area (TPSA) is 113 Å². The molecule has 1 aliphatic carbocycles. The van der Waals surface area contributed by atoms with E-state index < -0.39 is 17.8 Å². The van der Waals surface area contributed by atoms with E-state index in [2.05, 4.69) is 42.2 Å². The predicted octanol–water partition coefficient (Wildman–Crippen LogP) is 3.40. The number of aromatic nitrogens is 3. The summed E-state index contributed by atoms with van der Waals surface area (Å²) in [7, 11) is 0. The first-order valence-corrected chi connectivity index (χ1v) is 14.3. The Hall–Kier alpha value is -3.41. The highest BCUT2D eigenvalue weighted by Gasteiger charge is 2.44. The zero-order chi connectivity index (χ0) is 28.0.